The highest BCUT2D eigenvalue weighted by Crippen LogP contribution is 2.37. The molecule has 7 heterocycles. The van der Waals surface area contributed by atoms with E-state index in [1.54, 1.807) is 23.2 Å². The number of amides is 7. The third kappa shape index (κ3) is 6.87. The van der Waals surface area contributed by atoms with E-state index >= 15 is 0 Å². The van der Waals surface area contributed by atoms with Crippen LogP contribution in [0.15, 0.2) is 48.7 Å². The second-order valence-electron chi connectivity index (χ2n) is 16.5. The molecule has 4 atom stereocenters. The van der Waals surface area contributed by atoms with Gasteiger partial charge >= 0.3 is 6.03 Å². The fourth-order valence-electron chi connectivity index (χ4n) is 9.83. The SMILES string of the molecule is CN1CCN([C@@H]2CCCN(c3cnc(C(N)=O)c(Cc4ccc(N5CC[C@@H]6CCN(c7ccc8c(c7)C(=O)N(C7CCC(=O)NC7=O)C8=O)C[C@@H]6C5)cc4)n3)C2)C1=O. The number of nitrogens with one attached hydrogen (secondary N) is 1. The maximum absolute atomic E-state index is 13.5. The number of likely N-dealkylation sites (N-methyl/N-ethyl adjacent to an activating group) is 1. The van der Waals surface area contributed by atoms with Crippen molar-refractivity contribution in [1.82, 2.24) is 30.0 Å². The van der Waals surface area contributed by atoms with Crippen LogP contribution in [-0.2, 0) is 16.0 Å². The summed E-state index contributed by atoms with van der Waals surface area (Å²) in [6.07, 6.45) is 6.18. The Balaban J connectivity index is 0.852. The van der Waals surface area contributed by atoms with Gasteiger partial charge < -0.3 is 30.2 Å². The number of benzene rings is 2. The minimum absolute atomic E-state index is 0.0624. The van der Waals surface area contributed by atoms with Crippen molar-refractivity contribution in [2.45, 2.75) is 57.0 Å². The van der Waals surface area contributed by atoms with E-state index in [1.165, 1.54) is 0 Å². The predicted molar refractivity (Wildman–Crippen MR) is 214 cm³/mol. The fourth-order valence-corrected chi connectivity index (χ4v) is 9.83. The number of rotatable bonds is 8. The number of aromatic nitrogens is 2. The third-order valence-electron chi connectivity index (χ3n) is 13.1. The Bertz CT molecular complexity index is 2200. The van der Waals surface area contributed by atoms with Gasteiger partial charge in [0.15, 0.2) is 0 Å². The molecule has 1 unspecified atom stereocenters. The second kappa shape index (κ2) is 15.0. The molecule has 7 amide bonds. The Kier molecular flexibility index (Phi) is 9.72. The van der Waals surface area contributed by atoms with Crippen LogP contribution >= 0.6 is 0 Å². The largest absolute Gasteiger partial charge is 0.371 e. The zero-order valence-corrected chi connectivity index (χ0v) is 32.6. The molecule has 0 saturated carbocycles. The fraction of sp³-hybridized carbons (Fsp3) is 0.476. The van der Waals surface area contributed by atoms with Crippen molar-refractivity contribution in [2.24, 2.45) is 17.6 Å². The molecular weight excluding hydrogens is 741 g/mol. The first-order valence-corrected chi connectivity index (χ1v) is 20.4. The number of urea groups is 1. The Labute approximate surface area is 336 Å². The maximum atomic E-state index is 13.5. The van der Waals surface area contributed by atoms with Gasteiger partial charge in [0.25, 0.3) is 17.7 Å². The molecule has 58 heavy (non-hydrogen) atoms. The number of imide groups is 2. The van der Waals surface area contributed by atoms with Crippen LogP contribution in [0.2, 0.25) is 0 Å². The zero-order valence-electron chi connectivity index (χ0n) is 32.6. The minimum atomic E-state index is -0.991. The van der Waals surface area contributed by atoms with Gasteiger partial charge in [-0.25, -0.2) is 14.8 Å². The number of carbonyl (C=O) groups is 6. The maximum Gasteiger partial charge on any atom is 0.320 e. The molecule has 302 valence electrons. The van der Waals surface area contributed by atoms with Crippen LogP contribution in [0.1, 0.15) is 81.0 Å². The van der Waals surface area contributed by atoms with Crippen molar-refractivity contribution in [1.29, 1.82) is 0 Å². The quantitative estimate of drug-likeness (QED) is 0.319. The van der Waals surface area contributed by atoms with E-state index in [0.29, 0.717) is 41.9 Å². The minimum Gasteiger partial charge on any atom is -0.371 e. The molecule has 3 N–H and O–H groups in total. The number of hydrogen-bond acceptors (Lipinski definition) is 11. The summed E-state index contributed by atoms with van der Waals surface area (Å²) in [5.74, 6) is -0.977. The number of carbonyl (C=O) groups excluding carboxylic acids is 6. The summed E-state index contributed by atoms with van der Waals surface area (Å²) in [5.41, 5.74) is 10.0. The average Bonchev–Trinajstić information content (AvgIpc) is 3.70. The second-order valence-corrected chi connectivity index (χ2v) is 16.5. The van der Waals surface area contributed by atoms with Gasteiger partial charge in [-0.15, -0.1) is 0 Å². The molecule has 3 aromatic rings. The molecule has 16 heteroatoms. The lowest BCUT2D eigenvalue weighted by Crippen LogP contribution is -2.54. The summed E-state index contributed by atoms with van der Waals surface area (Å²) >= 11 is 0. The van der Waals surface area contributed by atoms with Gasteiger partial charge in [0, 0.05) is 83.6 Å². The highest BCUT2D eigenvalue weighted by Gasteiger charge is 2.45. The first-order valence-electron chi connectivity index (χ1n) is 20.4. The Morgan fingerprint density at radius 1 is 0.793 bits per heavy atom. The van der Waals surface area contributed by atoms with Crippen molar-refractivity contribution in [3.8, 4) is 0 Å². The molecule has 9 rings (SSSR count). The molecule has 5 fully saturated rings. The molecule has 6 aliphatic heterocycles. The van der Waals surface area contributed by atoms with Crippen LogP contribution in [0.4, 0.5) is 22.0 Å². The number of anilines is 3. The molecule has 0 bridgehead atoms. The van der Waals surface area contributed by atoms with Gasteiger partial charge in [-0.1, -0.05) is 12.1 Å². The normalized spacial score (nSPS) is 25.0. The monoisotopic (exact) mass is 788 g/mol. The zero-order chi connectivity index (χ0) is 40.2. The van der Waals surface area contributed by atoms with Gasteiger partial charge in [-0.05, 0) is 79.8 Å². The van der Waals surface area contributed by atoms with Gasteiger partial charge in [0.05, 0.1) is 29.1 Å². The Morgan fingerprint density at radius 3 is 2.22 bits per heavy atom. The molecule has 2 aromatic carbocycles. The van der Waals surface area contributed by atoms with Gasteiger partial charge in [0.1, 0.15) is 17.6 Å². The van der Waals surface area contributed by atoms with Gasteiger partial charge in [-0.2, -0.15) is 0 Å². The highest BCUT2D eigenvalue weighted by molar-refractivity contribution is 6.23. The molecule has 0 radical (unpaired) electrons. The number of fused-ring (bicyclic) bond motifs is 2. The van der Waals surface area contributed by atoms with Crippen LogP contribution in [0.3, 0.4) is 0 Å². The van der Waals surface area contributed by atoms with Crippen LogP contribution in [-0.4, -0.2) is 132 Å². The summed E-state index contributed by atoms with van der Waals surface area (Å²) in [4.78, 5) is 97.1. The number of piperidine rings is 4. The van der Waals surface area contributed by atoms with E-state index in [4.69, 9.17) is 10.7 Å². The van der Waals surface area contributed by atoms with E-state index in [9.17, 15) is 28.8 Å². The number of nitrogens with zero attached hydrogens (tertiary/aromatic N) is 8. The predicted octanol–water partition coefficient (Wildman–Crippen LogP) is 2.26. The van der Waals surface area contributed by atoms with Crippen LogP contribution < -0.4 is 25.8 Å². The molecule has 6 aliphatic rings. The summed E-state index contributed by atoms with van der Waals surface area (Å²) in [6.45, 7) is 6.38. The van der Waals surface area contributed by atoms with E-state index in [2.05, 4.69) is 49.3 Å². The van der Waals surface area contributed by atoms with Crippen molar-refractivity contribution < 1.29 is 28.8 Å². The summed E-state index contributed by atoms with van der Waals surface area (Å²) in [6, 6.07) is 12.9. The molecule has 0 aliphatic carbocycles. The first-order chi connectivity index (χ1) is 28.0. The molecular formula is C42H48N10O6. The number of nitrogens with two attached hydrogens (primary N) is 1. The van der Waals surface area contributed by atoms with E-state index < -0.39 is 35.6 Å². The lowest BCUT2D eigenvalue weighted by Gasteiger charge is -2.46. The topological polar surface area (TPSA) is 186 Å². The molecule has 0 spiro atoms. The molecule has 1 aromatic heterocycles. The van der Waals surface area contributed by atoms with Crippen molar-refractivity contribution in [3.63, 3.8) is 0 Å². The number of hydrogen-bond donors (Lipinski definition) is 2. The summed E-state index contributed by atoms with van der Waals surface area (Å²) in [5, 5.41) is 2.25. The Morgan fingerprint density at radius 2 is 1.52 bits per heavy atom. The standard InChI is InChI=1S/C42H48N10O6/c1-47-17-18-51(42(47)58)30-3-2-14-50(24-30)35-21-44-37(38(43)54)33(45-35)19-25-4-6-28(7-5-25)48-15-12-26-13-16-49(23-27(26)22-48)29-8-9-31-32(20-29)41(57)52(40(31)56)34-10-11-36(53)46-39(34)55/h4-9,20-21,26-27,30,34H,2-3,10-19,22-24H2,1H3,(H2,43,54)(H,46,53,55)/t26-,27+,30-,34?/m1/s1. The lowest BCUT2D eigenvalue weighted by molar-refractivity contribution is -0.136. The van der Waals surface area contributed by atoms with E-state index in [-0.39, 0.29) is 36.2 Å². The van der Waals surface area contributed by atoms with Crippen LogP contribution in [0.25, 0.3) is 0 Å². The lowest BCUT2D eigenvalue weighted by atomic mass is 9.79. The molecule has 5 saturated heterocycles. The van der Waals surface area contributed by atoms with Crippen molar-refractivity contribution in [2.75, 3.05) is 74.1 Å². The van der Waals surface area contributed by atoms with Gasteiger partial charge in [0.2, 0.25) is 11.8 Å². The summed E-state index contributed by atoms with van der Waals surface area (Å²) in [7, 11) is 1.83. The van der Waals surface area contributed by atoms with Crippen LogP contribution in [0.5, 0.6) is 0 Å². The smallest absolute Gasteiger partial charge is 0.320 e. The van der Waals surface area contributed by atoms with E-state index in [0.717, 1.165) is 93.3 Å². The third-order valence-corrected chi connectivity index (χ3v) is 13.1. The average molecular weight is 789 g/mol. The van der Waals surface area contributed by atoms with E-state index in [1.807, 2.05) is 18.0 Å². The first kappa shape index (κ1) is 37.5. The van der Waals surface area contributed by atoms with Gasteiger partial charge in [-0.3, -0.25) is 34.2 Å². The highest BCUT2D eigenvalue weighted by atomic mass is 16.2. The summed E-state index contributed by atoms with van der Waals surface area (Å²) < 4.78 is 0. The number of primary amides is 1. The Hall–Kier alpha value is -6.06. The van der Waals surface area contributed by atoms with Crippen molar-refractivity contribution in [3.05, 3.63) is 76.7 Å². The van der Waals surface area contributed by atoms with Crippen LogP contribution in [0, 0.1) is 11.8 Å². The van der Waals surface area contributed by atoms with Crippen molar-refractivity contribution >= 4 is 52.8 Å². The molecule has 16 nitrogen and oxygen atoms in total.